The van der Waals surface area contributed by atoms with Crippen molar-refractivity contribution in [3.8, 4) is 0 Å². The minimum absolute atomic E-state index is 0.418. The van der Waals surface area contributed by atoms with E-state index in [0.29, 0.717) is 6.10 Å². The van der Waals surface area contributed by atoms with Gasteiger partial charge in [-0.05, 0) is 59.2 Å². The van der Waals surface area contributed by atoms with E-state index in [1.54, 1.807) is 0 Å². The van der Waals surface area contributed by atoms with E-state index in [1.807, 2.05) is 0 Å². The Hall–Kier alpha value is 0.350. The van der Waals surface area contributed by atoms with Gasteiger partial charge in [0, 0.05) is 27.7 Å². The molecule has 0 bridgehead atoms. The molecule has 0 aliphatic carbocycles. The summed E-state index contributed by atoms with van der Waals surface area (Å²) in [5.41, 5.74) is 1.31. The van der Waals surface area contributed by atoms with Crippen molar-refractivity contribution in [1.82, 2.24) is 5.32 Å². The highest BCUT2D eigenvalue weighted by molar-refractivity contribution is 14.1. The highest BCUT2D eigenvalue weighted by Crippen LogP contribution is 2.19. The predicted molar refractivity (Wildman–Crippen MR) is 77.5 cm³/mol. The molecule has 1 aromatic rings. The maximum atomic E-state index is 5.57. The van der Waals surface area contributed by atoms with Crippen LogP contribution in [0.3, 0.4) is 0 Å². The molecule has 0 radical (unpaired) electrons. The fraction of sp³-hybridized carbons (Fsp3) is 0.500. The highest BCUT2D eigenvalue weighted by atomic mass is 127. The zero-order valence-corrected chi connectivity index (χ0v) is 12.8. The van der Waals surface area contributed by atoms with Crippen molar-refractivity contribution in [2.24, 2.45) is 0 Å². The first-order chi connectivity index (χ1) is 7.75. The average Bonchev–Trinajstić information content (AvgIpc) is 2.76. The summed E-state index contributed by atoms with van der Waals surface area (Å²) in [7, 11) is 0. The smallest absolute Gasteiger partial charge is 0.0700 e. The molecule has 1 atom stereocenters. The second kappa shape index (κ2) is 6.33. The molecule has 16 heavy (non-hydrogen) atoms. The van der Waals surface area contributed by atoms with Crippen LogP contribution in [0, 0.1) is 3.57 Å². The summed E-state index contributed by atoms with van der Waals surface area (Å²) in [5.74, 6) is 0. The van der Waals surface area contributed by atoms with Crippen molar-refractivity contribution in [2.45, 2.75) is 25.5 Å². The predicted octanol–water partition coefficient (Wildman–Crippen LogP) is 3.32. The SMILES string of the molecule is Brc1ccc(I)cc1CNCC1CCCO1. The van der Waals surface area contributed by atoms with Crippen LogP contribution >= 0.6 is 38.5 Å². The van der Waals surface area contributed by atoms with E-state index in [1.165, 1.54) is 26.4 Å². The van der Waals surface area contributed by atoms with Crippen LogP contribution in [0.1, 0.15) is 18.4 Å². The number of ether oxygens (including phenoxy) is 1. The van der Waals surface area contributed by atoms with Gasteiger partial charge in [-0.2, -0.15) is 0 Å². The molecule has 1 N–H and O–H groups in total. The van der Waals surface area contributed by atoms with Crippen molar-refractivity contribution in [2.75, 3.05) is 13.2 Å². The fourth-order valence-electron chi connectivity index (χ4n) is 1.85. The van der Waals surface area contributed by atoms with Crippen LogP contribution < -0.4 is 5.32 Å². The van der Waals surface area contributed by atoms with Crippen molar-refractivity contribution < 1.29 is 4.74 Å². The summed E-state index contributed by atoms with van der Waals surface area (Å²) in [6.07, 6.45) is 2.82. The van der Waals surface area contributed by atoms with Gasteiger partial charge in [-0.1, -0.05) is 15.9 Å². The van der Waals surface area contributed by atoms with E-state index < -0.39 is 0 Å². The molecular weight excluding hydrogens is 381 g/mol. The van der Waals surface area contributed by atoms with Gasteiger partial charge in [0.05, 0.1) is 6.10 Å². The first kappa shape index (κ1) is 12.8. The van der Waals surface area contributed by atoms with Gasteiger partial charge >= 0.3 is 0 Å². The number of hydrogen-bond donors (Lipinski definition) is 1. The third kappa shape index (κ3) is 3.68. The van der Waals surface area contributed by atoms with E-state index in [0.717, 1.165) is 19.7 Å². The Morgan fingerprint density at radius 2 is 2.38 bits per heavy atom. The van der Waals surface area contributed by atoms with E-state index in [9.17, 15) is 0 Å². The lowest BCUT2D eigenvalue weighted by molar-refractivity contribution is 0.110. The molecule has 2 rings (SSSR count). The molecule has 1 saturated heterocycles. The van der Waals surface area contributed by atoms with Crippen LogP contribution in [-0.4, -0.2) is 19.3 Å². The Balaban J connectivity index is 1.82. The monoisotopic (exact) mass is 395 g/mol. The summed E-state index contributed by atoms with van der Waals surface area (Å²) in [6, 6.07) is 6.41. The molecule has 0 saturated carbocycles. The van der Waals surface area contributed by atoms with Crippen LogP contribution in [-0.2, 0) is 11.3 Å². The minimum Gasteiger partial charge on any atom is -0.377 e. The van der Waals surface area contributed by atoms with E-state index in [4.69, 9.17) is 4.74 Å². The molecular formula is C12H15BrINO. The highest BCUT2D eigenvalue weighted by Gasteiger charge is 2.14. The van der Waals surface area contributed by atoms with Gasteiger partial charge in [-0.25, -0.2) is 0 Å². The number of halogens is 2. The lowest BCUT2D eigenvalue weighted by atomic mass is 10.2. The standard InChI is InChI=1S/C12H15BrINO/c13-12-4-3-10(14)6-9(12)7-15-8-11-2-1-5-16-11/h3-4,6,11,15H,1-2,5,7-8H2. The Bertz CT molecular complexity index is 353. The molecule has 1 unspecified atom stereocenters. The van der Waals surface area contributed by atoms with Gasteiger partial charge in [-0.3, -0.25) is 0 Å². The summed E-state index contributed by atoms with van der Waals surface area (Å²) < 4.78 is 8.02. The molecule has 4 heteroatoms. The van der Waals surface area contributed by atoms with Crippen molar-refractivity contribution >= 4 is 38.5 Å². The molecule has 88 valence electrons. The Labute approximate surface area is 118 Å². The van der Waals surface area contributed by atoms with Gasteiger partial charge in [0.2, 0.25) is 0 Å². The Kier molecular flexibility index (Phi) is 5.06. The van der Waals surface area contributed by atoms with Crippen LogP contribution in [0.15, 0.2) is 22.7 Å². The molecule has 0 amide bonds. The lowest BCUT2D eigenvalue weighted by Gasteiger charge is -2.11. The first-order valence-electron chi connectivity index (χ1n) is 5.52. The van der Waals surface area contributed by atoms with Crippen LogP contribution in [0.4, 0.5) is 0 Å². The lowest BCUT2D eigenvalue weighted by Crippen LogP contribution is -2.25. The summed E-state index contributed by atoms with van der Waals surface area (Å²) in [6.45, 7) is 2.79. The topological polar surface area (TPSA) is 21.3 Å². The maximum absolute atomic E-state index is 5.57. The number of nitrogens with one attached hydrogen (secondary N) is 1. The normalized spacial score (nSPS) is 20.2. The number of rotatable bonds is 4. The largest absolute Gasteiger partial charge is 0.377 e. The second-order valence-corrected chi connectivity index (χ2v) is 6.10. The molecule has 1 heterocycles. The van der Waals surface area contributed by atoms with Crippen molar-refractivity contribution in [3.05, 3.63) is 31.8 Å². The molecule has 2 nitrogen and oxygen atoms in total. The average molecular weight is 396 g/mol. The minimum atomic E-state index is 0.418. The third-order valence-corrected chi connectivity index (χ3v) is 4.16. The van der Waals surface area contributed by atoms with Gasteiger partial charge < -0.3 is 10.1 Å². The summed E-state index contributed by atoms with van der Waals surface area (Å²) >= 11 is 5.91. The zero-order chi connectivity index (χ0) is 11.4. The first-order valence-corrected chi connectivity index (χ1v) is 7.39. The second-order valence-electron chi connectivity index (χ2n) is 4.00. The van der Waals surface area contributed by atoms with E-state index in [2.05, 4.69) is 62.0 Å². The maximum Gasteiger partial charge on any atom is 0.0700 e. The molecule has 0 aromatic heterocycles. The quantitative estimate of drug-likeness (QED) is 0.789. The van der Waals surface area contributed by atoms with Crippen LogP contribution in [0.2, 0.25) is 0 Å². The zero-order valence-electron chi connectivity index (χ0n) is 9.01. The van der Waals surface area contributed by atoms with Crippen molar-refractivity contribution in [3.63, 3.8) is 0 Å². The van der Waals surface area contributed by atoms with E-state index >= 15 is 0 Å². The third-order valence-electron chi connectivity index (χ3n) is 2.72. The van der Waals surface area contributed by atoms with Crippen LogP contribution in [0.5, 0.6) is 0 Å². The van der Waals surface area contributed by atoms with E-state index in [-0.39, 0.29) is 0 Å². The Morgan fingerprint density at radius 1 is 1.50 bits per heavy atom. The molecule has 0 spiro atoms. The molecule has 1 fully saturated rings. The summed E-state index contributed by atoms with van der Waals surface area (Å²) in [4.78, 5) is 0. The van der Waals surface area contributed by atoms with Gasteiger partial charge in [0.15, 0.2) is 0 Å². The Morgan fingerprint density at radius 3 is 3.12 bits per heavy atom. The summed E-state index contributed by atoms with van der Waals surface area (Å²) in [5, 5.41) is 3.45. The van der Waals surface area contributed by atoms with Crippen LogP contribution in [0.25, 0.3) is 0 Å². The van der Waals surface area contributed by atoms with Crippen molar-refractivity contribution in [1.29, 1.82) is 0 Å². The van der Waals surface area contributed by atoms with Gasteiger partial charge in [0.1, 0.15) is 0 Å². The fourth-order valence-corrected chi connectivity index (χ4v) is 2.79. The molecule has 1 aromatic carbocycles. The van der Waals surface area contributed by atoms with Gasteiger partial charge in [-0.15, -0.1) is 0 Å². The molecule has 1 aliphatic heterocycles. The van der Waals surface area contributed by atoms with Gasteiger partial charge in [0.25, 0.3) is 0 Å². The number of hydrogen-bond acceptors (Lipinski definition) is 2. The molecule has 1 aliphatic rings. The number of benzene rings is 1.